The van der Waals surface area contributed by atoms with Crippen LogP contribution >= 0.6 is 0 Å². The lowest BCUT2D eigenvalue weighted by molar-refractivity contribution is -0.141. The fraction of sp³-hybridized carbons (Fsp3) is 0.833. The topological polar surface area (TPSA) is 90.3 Å². The average Bonchev–Trinajstić information content (AvgIpc) is 2.39. The van der Waals surface area contributed by atoms with Crippen molar-refractivity contribution in [3.63, 3.8) is 0 Å². The Morgan fingerprint density at radius 3 is 2.32 bits per heavy atom. The lowest BCUT2D eigenvalue weighted by atomic mass is 10.2. The van der Waals surface area contributed by atoms with Crippen LogP contribution in [0, 0.1) is 5.92 Å². The summed E-state index contributed by atoms with van der Waals surface area (Å²) in [4.78, 5) is 26.0. The third-order valence-electron chi connectivity index (χ3n) is 2.77. The molecule has 0 radical (unpaired) electrons. The van der Waals surface area contributed by atoms with Gasteiger partial charge >= 0.3 is 12.0 Å². The van der Waals surface area contributed by atoms with Crippen LogP contribution in [-0.4, -0.2) is 78.5 Å². The summed E-state index contributed by atoms with van der Waals surface area (Å²) in [6.07, 6.45) is 0. The van der Waals surface area contributed by atoms with E-state index in [4.69, 9.17) is 14.9 Å². The summed E-state index contributed by atoms with van der Waals surface area (Å²) >= 11 is 0. The highest BCUT2D eigenvalue weighted by Gasteiger charge is 2.23. The second kappa shape index (κ2) is 9.57. The molecule has 0 fully saturated rings. The number of hydrogen-bond acceptors (Lipinski definition) is 4. The molecule has 0 saturated heterocycles. The number of nitrogens with zero attached hydrogens (tertiary/aromatic N) is 2. The van der Waals surface area contributed by atoms with E-state index in [1.54, 1.807) is 13.8 Å². The smallest absolute Gasteiger partial charge is 0.320 e. The molecule has 0 aromatic heterocycles. The van der Waals surface area contributed by atoms with Crippen molar-refractivity contribution in [1.82, 2.24) is 9.80 Å². The number of aliphatic hydroxyl groups is 1. The van der Waals surface area contributed by atoms with Gasteiger partial charge in [0.1, 0.15) is 0 Å². The first kappa shape index (κ1) is 17.7. The van der Waals surface area contributed by atoms with Crippen molar-refractivity contribution in [3.8, 4) is 0 Å². The Kier molecular flexibility index (Phi) is 8.90. The maximum atomic E-state index is 12.2. The zero-order valence-corrected chi connectivity index (χ0v) is 11.8. The molecule has 0 bridgehead atoms. The number of hydrogen-bond donors (Lipinski definition) is 2. The number of urea groups is 1. The Balaban J connectivity index is 4.61. The largest absolute Gasteiger partial charge is 0.481 e. The lowest BCUT2D eigenvalue weighted by Gasteiger charge is -2.30. The van der Waals surface area contributed by atoms with Crippen molar-refractivity contribution in [2.24, 2.45) is 5.92 Å². The van der Waals surface area contributed by atoms with Crippen LogP contribution in [0.5, 0.6) is 0 Å². The van der Waals surface area contributed by atoms with E-state index in [1.165, 1.54) is 16.9 Å². The van der Waals surface area contributed by atoms with E-state index in [0.29, 0.717) is 19.7 Å². The van der Waals surface area contributed by atoms with Crippen molar-refractivity contribution in [2.75, 3.05) is 46.5 Å². The predicted octanol–water partition coefficient (Wildman–Crippen LogP) is 0.0897. The van der Waals surface area contributed by atoms with Crippen LogP contribution in [0.15, 0.2) is 0 Å². The second-order valence-corrected chi connectivity index (χ2v) is 4.26. The lowest BCUT2D eigenvalue weighted by Crippen LogP contribution is -2.47. The first-order valence-electron chi connectivity index (χ1n) is 6.34. The molecule has 0 spiro atoms. The molecule has 2 amide bonds. The molecular weight excluding hydrogens is 252 g/mol. The van der Waals surface area contributed by atoms with Gasteiger partial charge in [0.2, 0.25) is 0 Å². The summed E-state index contributed by atoms with van der Waals surface area (Å²) in [6.45, 7) is 4.74. The third kappa shape index (κ3) is 6.40. The number of methoxy groups -OCH3 is 1. The Morgan fingerprint density at radius 2 is 1.89 bits per heavy atom. The van der Waals surface area contributed by atoms with Crippen molar-refractivity contribution >= 4 is 12.0 Å². The van der Waals surface area contributed by atoms with E-state index >= 15 is 0 Å². The Hall–Kier alpha value is -1.34. The number of carboxylic acid groups (broad SMARTS) is 1. The fourth-order valence-corrected chi connectivity index (χ4v) is 1.58. The standard InChI is InChI=1S/C12H24N2O5/c1-4-13(9-10(2)11(16)17)12(18)14(5-7-15)6-8-19-3/h10,15H,4-9H2,1-3H3,(H,16,17). The minimum absolute atomic E-state index is 0.137. The Labute approximate surface area is 113 Å². The summed E-state index contributed by atoms with van der Waals surface area (Å²) in [6, 6.07) is -0.276. The van der Waals surface area contributed by atoms with Gasteiger partial charge in [-0.15, -0.1) is 0 Å². The van der Waals surface area contributed by atoms with Crippen LogP contribution in [0.1, 0.15) is 13.8 Å². The van der Waals surface area contributed by atoms with Crippen LogP contribution in [-0.2, 0) is 9.53 Å². The molecule has 0 aliphatic rings. The Morgan fingerprint density at radius 1 is 1.26 bits per heavy atom. The van der Waals surface area contributed by atoms with E-state index < -0.39 is 11.9 Å². The second-order valence-electron chi connectivity index (χ2n) is 4.26. The number of carbonyl (C=O) groups excluding carboxylic acids is 1. The van der Waals surface area contributed by atoms with Gasteiger partial charge in [-0.1, -0.05) is 6.92 Å². The van der Waals surface area contributed by atoms with Crippen LogP contribution in [0.4, 0.5) is 4.79 Å². The maximum absolute atomic E-state index is 12.2. The van der Waals surface area contributed by atoms with E-state index in [9.17, 15) is 9.59 Å². The monoisotopic (exact) mass is 276 g/mol. The van der Waals surface area contributed by atoms with Crippen LogP contribution < -0.4 is 0 Å². The maximum Gasteiger partial charge on any atom is 0.320 e. The molecule has 7 nitrogen and oxygen atoms in total. The number of amides is 2. The van der Waals surface area contributed by atoms with Crippen molar-refractivity contribution < 1.29 is 24.5 Å². The van der Waals surface area contributed by atoms with Gasteiger partial charge in [0, 0.05) is 33.3 Å². The molecule has 0 aromatic rings. The molecule has 0 aliphatic heterocycles. The van der Waals surface area contributed by atoms with Gasteiger partial charge in [-0.3, -0.25) is 4.79 Å². The zero-order valence-electron chi connectivity index (χ0n) is 11.8. The molecule has 112 valence electrons. The van der Waals surface area contributed by atoms with E-state index in [-0.39, 0.29) is 25.7 Å². The highest BCUT2D eigenvalue weighted by Crippen LogP contribution is 2.05. The van der Waals surface area contributed by atoms with E-state index in [2.05, 4.69) is 0 Å². The van der Waals surface area contributed by atoms with Gasteiger partial charge in [-0.05, 0) is 6.92 Å². The number of ether oxygens (including phenoxy) is 1. The molecule has 0 aliphatic carbocycles. The Bertz CT molecular complexity index is 285. The molecule has 0 aromatic carbocycles. The molecule has 19 heavy (non-hydrogen) atoms. The summed E-state index contributed by atoms with van der Waals surface area (Å²) < 4.78 is 4.91. The molecule has 0 rings (SSSR count). The van der Waals surface area contributed by atoms with Gasteiger partial charge in [-0.25, -0.2) is 4.79 Å². The highest BCUT2D eigenvalue weighted by molar-refractivity contribution is 5.76. The summed E-state index contributed by atoms with van der Waals surface area (Å²) in [5.41, 5.74) is 0. The molecule has 1 unspecified atom stereocenters. The van der Waals surface area contributed by atoms with Gasteiger partial charge in [0.25, 0.3) is 0 Å². The molecule has 0 saturated carbocycles. The molecule has 1 atom stereocenters. The van der Waals surface area contributed by atoms with Gasteiger partial charge in [0.05, 0.1) is 19.1 Å². The van der Waals surface area contributed by atoms with Gasteiger partial charge in [-0.2, -0.15) is 0 Å². The SMILES string of the molecule is CCN(CC(C)C(=O)O)C(=O)N(CCO)CCOC. The van der Waals surface area contributed by atoms with Gasteiger partial charge < -0.3 is 24.7 Å². The number of aliphatic carboxylic acids is 1. The minimum Gasteiger partial charge on any atom is -0.481 e. The molecule has 7 heteroatoms. The first-order valence-corrected chi connectivity index (χ1v) is 6.34. The molecule has 0 heterocycles. The normalized spacial score (nSPS) is 12.0. The van der Waals surface area contributed by atoms with Crippen LogP contribution in [0.2, 0.25) is 0 Å². The van der Waals surface area contributed by atoms with Crippen molar-refractivity contribution in [1.29, 1.82) is 0 Å². The van der Waals surface area contributed by atoms with Crippen LogP contribution in [0.25, 0.3) is 0 Å². The minimum atomic E-state index is -0.933. The quantitative estimate of drug-likeness (QED) is 0.623. The van der Waals surface area contributed by atoms with E-state index in [0.717, 1.165) is 0 Å². The average molecular weight is 276 g/mol. The number of carboxylic acids is 1. The number of aliphatic hydroxyl groups excluding tert-OH is 1. The van der Waals surface area contributed by atoms with Crippen LogP contribution in [0.3, 0.4) is 0 Å². The number of rotatable bonds is 9. The number of carbonyl (C=O) groups is 2. The predicted molar refractivity (Wildman–Crippen MR) is 70.0 cm³/mol. The van der Waals surface area contributed by atoms with Gasteiger partial charge in [0.15, 0.2) is 0 Å². The van der Waals surface area contributed by atoms with Crippen molar-refractivity contribution in [3.05, 3.63) is 0 Å². The molecular formula is C12H24N2O5. The zero-order chi connectivity index (χ0) is 14.8. The third-order valence-corrected chi connectivity index (χ3v) is 2.77. The summed E-state index contributed by atoms with van der Waals surface area (Å²) in [7, 11) is 1.53. The summed E-state index contributed by atoms with van der Waals surface area (Å²) in [5.74, 6) is -1.56. The summed E-state index contributed by atoms with van der Waals surface area (Å²) in [5, 5.41) is 17.8. The highest BCUT2D eigenvalue weighted by atomic mass is 16.5. The first-order chi connectivity index (χ1) is 8.97. The fourth-order valence-electron chi connectivity index (χ4n) is 1.58. The van der Waals surface area contributed by atoms with E-state index in [1.807, 2.05) is 0 Å². The molecule has 2 N–H and O–H groups in total. The van der Waals surface area contributed by atoms with Crippen molar-refractivity contribution in [2.45, 2.75) is 13.8 Å².